The van der Waals surface area contributed by atoms with Crippen LogP contribution in [0.5, 0.6) is 5.75 Å². The largest absolute Gasteiger partial charge is 0.497 e. The van der Waals surface area contributed by atoms with Gasteiger partial charge in [0.25, 0.3) is 10.0 Å². The Morgan fingerprint density at radius 1 is 0.976 bits per heavy atom. The molecule has 0 saturated carbocycles. The van der Waals surface area contributed by atoms with Crippen LogP contribution in [0.15, 0.2) is 71.6 Å². The van der Waals surface area contributed by atoms with E-state index in [1.54, 1.807) is 56.5 Å². The van der Waals surface area contributed by atoms with Crippen LogP contribution in [0.25, 0.3) is 0 Å². The molecule has 1 atom stereocenters. The maximum absolute atomic E-state index is 14.1. The number of aryl methyl sites for hydroxylation is 1. The highest BCUT2D eigenvalue weighted by Crippen LogP contribution is 2.35. The third kappa shape index (κ3) is 7.93. The summed E-state index contributed by atoms with van der Waals surface area (Å²) in [6, 6.07) is 17.2. The summed E-state index contributed by atoms with van der Waals surface area (Å²) in [6.45, 7) is 5.50. The monoisotopic (exact) mass is 619 g/mol. The van der Waals surface area contributed by atoms with E-state index in [-0.39, 0.29) is 33.1 Å². The second kappa shape index (κ2) is 14.6. The van der Waals surface area contributed by atoms with Crippen molar-refractivity contribution in [1.29, 1.82) is 0 Å². The minimum Gasteiger partial charge on any atom is -0.497 e. The number of carbonyl (C=O) groups excluding carboxylic acids is 2. The molecular weight excluding hydrogens is 585 g/mol. The average Bonchev–Trinajstić information content (AvgIpc) is 2.96. The molecule has 0 heterocycles. The number of hydrogen-bond acceptors (Lipinski definition) is 5. The summed E-state index contributed by atoms with van der Waals surface area (Å²) in [4.78, 5) is 28.7. The fraction of sp³-hybridized carbons (Fsp3) is 0.333. The van der Waals surface area contributed by atoms with Crippen molar-refractivity contribution in [2.75, 3.05) is 24.5 Å². The molecule has 0 bridgehead atoms. The smallest absolute Gasteiger partial charge is 0.264 e. The van der Waals surface area contributed by atoms with Crippen molar-refractivity contribution in [2.24, 2.45) is 0 Å². The summed E-state index contributed by atoms with van der Waals surface area (Å²) in [5, 5.41) is 3.00. The number of hydrogen-bond donors (Lipinski definition) is 1. The van der Waals surface area contributed by atoms with Gasteiger partial charge in [-0.2, -0.15) is 0 Å². The molecule has 3 aromatic carbocycles. The van der Waals surface area contributed by atoms with Crippen molar-refractivity contribution >= 4 is 50.7 Å². The van der Waals surface area contributed by atoms with Crippen molar-refractivity contribution in [2.45, 2.75) is 51.1 Å². The van der Waals surface area contributed by atoms with Gasteiger partial charge in [0.1, 0.15) is 18.3 Å². The number of amides is 2. The number of nitrogens with one attached hydrogen (secondary N) is 1. The van der Waals surface area contributed by atoms with E-state index in [4.69, 9.17) is 27.9 Å². The SMILES string of the molecule is CCCNC(=O)[C@@H](CC)N(Cc1ccc(OC)cc1)C(=O)CN(c1cccc(Cl)c1Cl)S(=O)(=O)c1ccc(C)cc1. The number of sulfonamides is 1. The van der Waals surface area contributed by atoms with Crippen LogP contribution in [0.4, 0.5) is 5.69 Å². The maximum Gasteiger partial charge on any atom is 0.264 e. The lowest BCUT2D eigenvalue weighted by molar-refractivity contribution is -0.140. The van der Waals surface area contributed by atoms with E-state index < -0.39 is 28.5 Å². The van der Waals surface area contributed by atoms with Crippen molar-refractivity contribution in [3.05, 3.63) is 87.9 Å². The van der Waals surface area contributed by atoms with Crippen LogP contribution in [0, 0.1) is 6.92 Å². The highest BCUT2D eigenvalue weighted by Gasteiger charge is 2.34. The predicted octanol–water partition coefficient (Wildman–Crippen LogP) is 5.84. The second-order valence-electron chi connectivity index (χ2n) is 9.48. The first-order valence-corrected chi connectivity index (χ1v) is 15.5. The van der Waals surface area contributed by atoms with Crippen LogP contribution in [0.1, 0.15) is 37.8 Å². The minimum absolute atomic E-state index is 0.00733. The Labute approximate surface area is 252 Å². The molecule has 0 unspecified atom stereocenters. The molecule has 11 heteroatoms. The lowest BCUT2D eigenvalue weighted by Crippen LogP contribution is -2.52. The van der Waals surface area contributed by atoms with E-state index in [1.165, 1.54) is 29.2 Å². The molecule has 2 amide bonds. The minimum atomic E-state index is -4.26. The molecule has 0 aliphatic heterocycles. The van der Waals surface area contributed by atoms with Crippen LogP contribution in [0.2, 0.25) is 10.0 Å². The quantitative estimate of drug-likeness (QED) is 0.259. The number of nitrogens with zero attached hydrogens (tertiary/aromatic N) is 2. The van der Waals surface area contributed by atoms with E-state index in [9.17, 15) is 18.0 Å². The molecule has 0 saturated heterocycles. The Bertz CT molecular complexity index is 1450. The molecule has 0 fully saturated rings. The fourth-order valence-electron chi connectivity index (χ4n) is 4.25. The standard InChI is InChI=1S/C30H35Cl2N3O5S/c1-5-18-33-30(37)26(6-2)34(19-22-12-14-23(40-4)15-13-22)28(36)20-35(27-9-7-8-25(31)29(27)32)41(38,39)24-16-10-21(3)11-17-24/h7-17,26H,5-6,18-20H2,1-4H3,(H,33,37)/t26-/m1/s1. The van der Waals surface area contributed by atoms with Gasteiger partial charge in [0.2, 0.25) is 11.8 Å². The molecule has 0 spiro atoms. The zero-order valence-electron chi connectivity index (χ0n) is 23.6. The van der Waals surface area contributed by atoms with Gasteiger partial charge in [-0.15, -0.1) is 0 Å². The number of rotatable bonds is 13. The summed E-state index contributed by atoms with van der Waals surface area (Å²) < 4.78 is 34.1. The van der Waals surface area contributed by atoms with Gasteiger partial charge in [0.05, 0.1) is 27.7 Å². The van der Waals surface area contributed by atoms with Gasteiger partial charge in [-0.3, -0.25) is 13.9 Å². The van der Waals surface area contributed by atoms with Crippen molar-refractivity contribution < 1.29 is 22.7 Å². The average molecular weight is 621 g/mol. The first kappa shape index (κ1) is 32.2. The molecule has 220 valence electrons. The summed E-state index contributed by atoms with van der Waals surface area (Å²) in [6.07, 6.45) is 1.05. The van der Waals surface area contributed by atoms with Gasteiger partial charge >= 0.3 is 0 Å². The van der Waals surface area contributed by atoms with Gasteiger partial charge in [-0.25, -0.2) is 8.42 Å². The van der Waals surface area contributed by atoms with Gasteiger partial charge < -0.3 is 15.0 Å². The van der Waals surface area contributed by atoms with Gasteiger partial charge in [0, 0.05) is 13.1 Å². The summed E-state index contributed by atoms with van der Waals surface area (Å²) in [5.74, 6) is -0.249. The molecule has 8 nitrogen and oxygen atoms in total. The first-order valence-electron chi connectivity index (χ1n) is 13.3. The predicted molar refractivity (Wildman–Crippen MR) is 163 cm³/mol. The molecule has 3 rings (SSSR count). The van der Waals surface area contributed by atoms with E-state index in [0.29, 0.717) is 18.7 Å². The Kier molecular flexibility index (Phi) is 11.5. The van der Waals surface area contributed by atoms with E-state index in [2.05, 4.69) is 5.32 Å². The van der Waals surface area contributed by atoms with Gasteiger partial charge in [-0.05, 0) is 61.7 Å². The molecule has 0 radical (unpaired) electrons. The lowest BCUT2D eigenvalue weighted by Gasteiger charge is -2.33. The topological polar surface area (TPSA) is 96.0 Å². The molecular formula is C30H35Cl2N3O5S. The maximum atomic E-state index is 14.1. The second-order valence-corrected chi connectivity index (χ2v) is 12.1. The summed E-state index contributed by atoms with van der Waals surface area (Å²) in [5.41, 5.74) is 1.68. The highest BCUT2D eigenvalue weighted by molar-refractivity contribution is 7.92. The van der Waals surface area contributed by atoms with Crippen molar-refractivity contribution in [1.82, 2.24) is 10.2 Å². The molecule has 0 aliphatic carbocycles. The summed E-state index contributed by atoms with van der Waals surface area (Å²) >= 11 is 12.7. The normalized spacial score (nSPS) is 12.0. The van der Waals surface area contributed by atoms with Crippen LogP contribution in [-0.2, 0) is 26.2 Å². The molecule has 0 aliphatic rings. The highest BCUT2D eigenvalue weighted by atomic mass is 35.5. The van der Waals surface area contributed by atoms with Crippen molar-refractivity contribution in [3.63, 3.8) is 0 Å². The van der Waals surface area contributed by atoms with Crippen LogP contribution < -0.4 is 14.4 Å². The molecule has 3 aromatic rings. The number of halogens is 2. The number of anilines is 1. The Balaban J connectivity index is 2.08. The summed E-state index contributed by atoms with van der Waals surface area (Å²) in [7, 11) is -2.71. The van der Waals surface area contributed by atoms with Crippen LogP contribution in [0.3, 0.4) is 0 Å². The molecule has 41 heavy (non-hydrogen) atoms. The Hall–Kier alpha value is -3.27. The number of carbonyl (C=O) groups is 2. The van der Waals surface area contributed by atoms with Gasteiger partial charge in [0.15, 0.2) is 0 Å². The Morgan fingerprint density at radius 2 is 1.63 bits per heavy atom. The Morgan fingerprint density at radius 3 is 2.22 bits per heavy atom. The third-order valence-corrected chi connectivity index (χ3v) is 9.12. The zero-order chi connectivity index (χ0) is 30.2. The van der Waals surface area contributed by atoms with Crippen molar-refractivity contribution in [3.8, 4) is 5.75 Å². The molecule has 0 aromatic heterocycles. The first-order chi connectivity index (χ1) is 19.5. The zero-order valence-corrected chi connectivity index (χ0v) is 25.9. The fourth-order valence-corrected chi connectivity index (χ4v) is 6.12. The third-order valence-electron chi connectivity index (χ3n) is 6.53. The molecule has 1 N–H and O–H groups in total. The van der Waals surface area contributed by atoms with E-state index in [1.807, 2.05) is 13.8 Å². The lowest BCUT2D eigenvalue weighted by atomic mass is 10.1. The number of methoxy groups -OCH3 is 1. The van der Waals surface area contributed by atoms with Crippen LogP contribution in [-0.4, -0.2) is 51.4 Å². The van der Waals surface area contributed by atoms with Gasteiger partial charge in [-0.1, -0.05) is 72.9 Å². The number of ether oxygens (including phenoxy) is 1. The van der Waals surface area contributed by atoms with E-state index in [0.717, 1.165) is 21.9 Å². The van der Waals surface area contributed by atoms with E-state index >= 15 is 0 Å². The number of benzene rings is 3. The van der Waals surface area contributed by atoms with Crippen LogP contribution >= 0.6 is 23.2 Å².